The number of carbonyl (C=O) groups is 1. The van der Waals surface area contributed by atoms with Crippen LogP contribution in [0, 0.1) is 5.41 Å². The van der Waals surface area contributed by atoms with Crippen LogP contribution in [-0.4, -0.2) is 27.1 Å². The topological polar surface area (TPSA) is 75.3 Å². The maximum atomic E-state index is 12.3. The summed E-state index contributed by atoms with van der Waals surface area (Å²) in [6, 6.07) is 4.94. The molecule has 0 aliphatic carbocycles. The Hall–Kier alpha value is -1.56. The second-order valence-corrected chi connectivity index (χ2v) is 7.16. The zero-order chi connectivity index (χ0) is 14.3. The van der Waals surface area contributed by atoms with Crippen molar-refractivity contribution in [3.05, 3.63) is 18.2 Å². The fraction of sp³-hybridized carbons (Fsp3) is 0.462. The Morgan fingerprint density at radius 3 is 2.63 bits per heavy atom. The first-order valence-electron chi connectivity index (χ1n) is 6.16. The van der Waals surface area contributed by atoms with Gasteiger partial charge in [0.05, 0.1) is 21.7 Å². The molecule has 1 aliphatic heterocycles. The Balaban J connectivity index is 2.56. The lowest BCUT2D eigenvalue weighted by molar-refractivity contribution is -0.124. The van der Waals surface area contributed by atoms with Gasteiger partial charge in [-0.15, -0.1) is 0 Å². The van der Waals surface area contributed by atoms with Crippen LogP contribution < -0.4 is 10.6 Å². The molecule has 0 radical (unpaired) electrons. The molecule has 5 nitrogen and oxygen atoms in total. The summed E-state index contributed by atoms with van der Waals surface area (Å²) < 4.78 is 23.6. The van der Waals surface area contributed by atoms with E-state index in [0.717, 1.165) is 6.26 Å². The molecule has 0 saturated carbocycles. The fourth-order valence-electron chi connectivity index (χ4n) is 2.04. The van der Waals surface area contributed by atoms with Crippen LogP contribution in [-0.2, 0) is 14.6 Å². The highest BCUT2D eigenvalue weighted by Crippen LogP contribution is 2.36. The summed E-state index contributed by atoms with van der Waals surface area (Å²) in [5, 5.41) is 5.92. The van der Waals surface area contributed by atoms with Crippen molar-refractivity contribution in [2.75, 3.05) is 23.4 Å². The van der Waals surface area contributed by atoms with Gasteiger partial charge in [-0.05, 0) is 25.5 Å². The second-order valence-electron chi connectivity index (χ2n) is 5.17. The normalized spacial score (nSPS) is 23.0. The number of sulfone groups is 1. The van der Waals surface area contributed by atoms with Crippen LogP contribution in [0.4, 0.5) is 11.4 Å². The number of benzene rings is 1. The smallest absolute Gasteiger partial charge is 0.232 e. The Morgan fingerprint density at radius 1 is 1.37 bits per heavy atom. The number of anilines is 2. The molecule has 19 heavy (non-hydrogen) atoms. The van der Waals surface area contributed by atoms with Crippen molar-refractivity contribution >= 4 is 27.1 Å². The number of rotatable bonds is 2. The molecule has 1 aliphatic rings. The minimum absolute atomic E-state index is 0.145. The molecule has 0 bridgehead atoms. The van der Waals surface area contributed by atoms with Gasteiger partial charge in [0.1, 0.15) is 0 Å². The molecule has 0 spiro atoms. The van der Waals surface area contributed by atoms with Gasteiger partial charge in [0.25, 0.3) is 0 Å². The first-order chi connectivity index (χ1) is 8.78. The molecule has 1 heterocycles. The Kier molecular flexibility index (Phi) is 3.30. The minimum Gasteiger partial charge on any atom is -0.382 e. The van der Waals surface area contributed by atoms with Gasteiger partial charge in [0, 0.05) is 12.8 Å². The summed E-state index contributed by atoms with van der Waals surface area (Å²) in [4.78, 5) is 12.4. The molecule has 1 atom stereocenters. The predicted octanol–water partition coefficient (Wildman–Crippen LogP) is 1.87. The highest BCUT2D eigenvalue weighted by molar-refractivity contribution is 7.90. The first kappa shape index (κ1) is 13.9. The van der Waals surface area contributed by atoms with Crippen molar-refractivity contribution in [2.45, 2.75) is 25.2 Å². The molecule has 0 fully saturated rings. The van der Waals surface area contributed by atoms with Crippen LogP contribution in [0.1, 0.15) is 20.3 Å². The highest BCUT2D eigenvalue weighted by atomic mass is 32.2. The third-order valence-electron chi connectivity index (χ3n) is 3.66. The molecule has 1 aromatic rings. The number of nitrogens with one attached hydrogen (secondary N) is 2. The molecule has 1 unspecified atom stereocenters. The molecular formula is C13H18N2O3S. The van der Waals surface area contributed by atoms with E-state index < -0.39 is 15.3 Å². The number of amides is 1. The number of hydrogen-bond donors (Lipinski definition) is 2. The summed E-state index contributed by atoms with van der Waals surface area (Å²) >= 11 is 0. The molecule has 1 amide bonds. The second kappa shape index (κ2) is 4.52. The summed E-state index contributed by atoms with van der Waals surface area (Å²) in [5.41, 5.74) is 0.453. The lowest BCUT2D eigenvalue weighted by Crippen LogP contribution is -2.36. The van der Waals surface area contributed by atoms with Crippen LogP contribution in [0.25, 0.3) is 0 Å². The predicted molar refractivity (Wildman–Crippen MR) is 75.1 cm³/mol. The van der Waals surface area contributed by atoms with E-state index in [4.69, 9.17) is 0 Å². The van der Waals surface area contributed by atoms with Crippen molar-refractivity contribution in [1.29, 1.82) is 0 Å². The monoisotopic (exact) mass is 282 g/mol. The summed E-state index contributed by atoms with van der Waals surface area (Å²) in [6.07, 6.45) is 1.81. The molecule has 1 aromatic carbocycles. The lowest BCUT2D eigenvalue weighted by Gasteiger charge is -2.24. The van der Waals surface area contributed by atoms with Crippen molar-refractivity contribution < 1.29 is 13.2 Å². The summed E-state index contributed by atoms with van der Waals surface area (Å²) in [5.74, 6) is -0.155. The number of hydrogen-bond acceptors (Lipinski definition) is 4. The standard InChI is InChI=1S/C13H18N2O3S/c1-4-13(2)8-14-9-6-5-7-10(19(3,17)18)11(9)15-12(13)16/h5-7,14H,4,8H2,1-3H3,(H,15,16). The third-order valence-corrected chi connectivity index (χ3v) is 4.80. The maximum Gasteiger partial charge on any atom is 0.232 e. The van der Waals surface area contributed by atoms with E-state index in [-0.39, 0.29) is 10.8 Å². The van der Waals surface area contributed by atoms with Gasteiger partial charge < -0.3 is 10.6 Å². The Bertz CT molecular complexity index is 625. The van der Waals surface area contributed by atoms with Crippen molar-refractivity contribution in [3.8, 4) is 0 Å². The van der Waals surface area contributed by atoms with E-state index in [0.29, 0.717) is 24.3 Å². The maximum absolute atomic E-state index is 12.3. The summed E-state index contributed by atoms with van der Waals surface area (Å²) in [6.45, 7) is 4.28. The van der Waals surface area contributed by atoms with E-state index in [1.54, 1.807) is 12.1 Å². The minimum atomic E-state index is -3.38. The van der Waals surface area contributed by atoms with Crippen LogP contribution in [0.2, 0.25) is 0 Å². The first-order valence-corrected chi connectivity index (χ1v) is 8.05. The molecule has 6 heteroatoms. The Morgan fingerprint density at radius 2 is 2.05 bits per heavy atom. The van der Waals surface area contributed by atoms with Gasteiger partial charge in [-0.1, -0.05) is 13.0 Å². The van der Waals surface area contributed by atoms with Gasteiger partial charge >= 0.3 is 0 Å². The molecular weight excluding hydrogens is 264 g/mol. The number of para-hydroxylation sites is 1. The zero-order valence-electron chi connectivity index (χ0n) is 11.3. The van der Waals surface area contributed by atoms with Gasteiger partial charge in [0.15, 0.2) is 9.84 Å². The van der Waals surface area contributed by atoms with Gasteiger partial charge in [0.2, 0.25) is 5.91 Å². The van der Waals surface area contributed by atoms with Crippen LogP contribution in [0.15, 0.2) is 23.1 Å². The fourth-order valence-corrected chi connectivity index (χ4v) is 2.89. The van der Waals surface area contributed by atoms with Crippen LogP contribution in [0.5, 0.6) is 0 Å². The highest BCUT2D eigenvalue weighted by Gasteiger charge is 2.35. The van der Waals surface area contributed by atoms with Crippen molar-refractivity contribution in [3.63, 3.8) is 0 Å². The lowest BCUT2D eigenvalue weighted by atomic mass is 9.86. The molecule has 0 aromatic heterocycles. The van der Waals surface area contributed by atoms with E-state index >= 15 is 0 Å². The van der Waals surface area contributed by atoms with Crippen LogP contribution >= 0.6 is 0 Å². The van der Waals surface area contributed by atoms with Crippen LogP contribution in [0.3, 0.4) is 0 Å². The average Bonchev–Trinajstić information content (AvgIpc) is 2.47. The quantitative estimate of drug-likeness (QED) is 0.868. The van der Waals surface area contributed by atoms with Crippen molar-refractivity contribution in [2.24, 2.45) is 5.41 Å². The Labute approximate surface area is 113 Å². The summed E-state index contributed by atoms with van der Waals surface area (Å²) in [7, 11) is -3.38. The molecule has 0 saturated heterocycles. The molecule has 2 rings (SSSR count). The van der Waals surface area contributed by atoms with E-state index in [2.05, 4.69) is 10.6 Å². The largest absolute Gasteiger partial charge is 0.382 e. The van der Waals surface area contributed by atoms with Gasteiger partial charge in [-0.25, -0.2) is 8.42 Å². The van der Waals surface area contributed by atoms with E-state index in [1.807, 2.05) is 13.8 Å². The number of fused-ring (bicyclic) bond motifs is 1. The number of carbonyl (C=O) groups excluding carboxylic acids is 1. The van der Waals surface area contributed by atoms with E-state index in [9.17, 15) is 13.2 Å². The molecule has 104 valence electrons. The van der Waals surface area contributed by atoms with Gasteiger partial charge in [-0.2, -0.15) is 0 Å². The van der Waals surface area contributed by atoms with Gasteiger partial charge in [-0.3, -0.25) is 4.79 Å². The van der Waals surface area contributed by atoms with Crippen molar-refractivity contribution in [1.82, 2.24) is 0 Å². The zero-order valence-corrected chi connectivity index (χ0v) is 12.1. The van der Waals surface area contributed by atoms with E-state index in [1.165, 1.54) is 6.07 Å². The average molecular weight is 282 g/mol. The molecule has 2 N–H and O–H groups in total. The SMILES string of the molecule is CCC1(C)CNc2cccc(S(C)(=O)=O)c2NC1=O. The third kappa shape index (κ3) is 2.45.